The van der Waals surface area contributed by atoms with Crippen LogP contribution in [0.5, 0.6) is 5.75 Å². The SMILES string of the molecule is CC(O)C(C)Oc1c(Cl)cccc1CN. The molecular formula is C11H16ClNO2. The summed E-state index contributed by atoms with van der Waals surface area (Å²) in [6.07, 6.45) is -0.859. The highest BCUT2D eigenvalue weighted by molar-refractivity contribution is 6.32. The zero-order chi connectivity index (χ0) is 11.4. The summed E-state index contributed by atoms with van der Waals surface area (Å²) in [5, 5.41) is 9.86. The highest BCUT2D eigenvalue weighted by Gasteiger charge is 2.14. The Morgan fingerprint density at radius 3 is 2.67 bits per heavy atom. The van der Waals surface area contributed by atoms with Gasteiger partial charge in [0.25, 0.3) is 0 Å². The van der Waals surface area contributed by atoms with Gasteiger partial charge in [-0.2, -0.15) is 0 Å². The fourth-order valence-electron chi connectivity index (χ4n) is 1.13. The molecule has 1 rings (SSSR count). The number of aliphatic hydroxyl groups is 1. The molecule has 0 bridgehead atoms. The Morgan fingerprint density at radius 1 is 1.47 bits per heavy atom. The Morgan fingerprint density at radius 2 is 2.13 bits per heavy atom. The van der Waals surface area contributed by atoms with Gasteiger partial charge in [-0.25, -0.2) is 0 Å². The maximum atomic E-state index is 9.34. The summed E-state index contributed by atoms with van der Waals surface area (Å²) in [6.45, 7) is 3.82. The fraction of sp³-hybridized carbons (Fsp3) is 0.455. The third-order valence-electron chi connectivity index (χ3n) is 2.25. The average molecular weight is 230 g/mol. The monoisotopic (exact) mass is 229 g/mol. The Kier molecular flexibility index (Phi) is 4.39. The molecule has 0 aliphatic carbocycles. The molecule has 3 nitrogen and oxygen atoms in total. The van der Waals surface area contributed by atoms with Crippen LogP contribution in [0.3, 0.4) is 0 Å². The van der Waals surface area contributed by atoms with Crippen LogP contribution in [0.1, 0.15) is 19.4 Å². The number of benzene rings is 1. The Hall–Kier alpha value is -0.770. The summed E-state index contributed by atoms with van der Waals surface area (Å²) in [5.41, 5.74) is 6.41. The van der Waals surface area contributed by atoms with E-state index in [9.17, 15) is 5.11 Å². The molecule has 0 saturated heterocycles. The minimum atomic E-state index is -0.549. The minimum Gasteiger partial charge on any atom is -0.486 e. The Balaban J connectivity index is 2.92. The average Bonchev–Trinajstić information content (AvgIpc) is 2.20. The van der Waals surface area contributed by atoms with Crippen LogP contribution in [0, 0.1) is 0 Å². The number of halogens is 1. The van der Waals surface area contributed by atoms with Gasteiger partial charge in [0.15, 0.2) is 0 Å². The molecule has 3 N–H and O–H groups in total. The second kappa shape index (κ2) is 5.35. The predicted octanol–water partition coefficient (Wildman–Crippen LogP) is 1.95. The predicted molar refractivity (Wildman–Crippen MR) is 61.1 cm³/mol. The van der Waals surface area contributed by atoms with Gasteiger partial charge in [0.2, 0.25) is 0 Å². The summed E-state index contributed by atoms with van der Waals surface area (Å²) in [5.74, 6) is 0.565. The van der Waals surface area contributed by atoms with Crippen LogP contribution >= 0.6 is 11.6 Å². The van der Waals surface area contributed by atoms with Gasteiger partial charge in [-0.1, -0.05) is 23.7 Å². The van der Waals surface area contributed by atoms with Crippen molar-refractivity contribution >= 4 is 11.6 Å². The number of nitrogens with two attached hydrogens (primary N) is 1. The smallest absolute Gasteiger partial charge is 0.142 e. The Labute approximate surface area is 94.8 Å². The molecule has 1 aromatic rings. The van der Waals surface area contributed by atoms with Gasteiger partial charge >= 0.3 is 0 Å². The first-order valence-electron chi connectivity index (χ1n) is 4.88. The van der Waals surface area contributed by atoms with Crippen LogP contribution in [-0.4, -0.2) is 17.3 Å². The molecule has 0 saturated carbocycles. The quantitative estimate of drug-likeness (QED) is 0.830. The molecule has 2 unspecified atom stereocenters. The number of aliphatic hydroxyl groups excluding tert-OH is 1. The zero-order valence-corrected chi connectivity index (χ0v) is 9.66. The molecule has 0 aliphatic heterocycles. The number of hydrogen-bond donors (Lipinski definition) is 2. The number of ether oxygens (including phenoxy) is 1. The van der Waals surface area contributed by atoms with Crippen molar-refractivity contribution < 1.29 is 9.84 Å². The van der Waals surface area contributed by atoms with Crippen molar-refractivity contribution in [2.24, 2.45) is 5.73 Å². The Bertz CT molecular complexity index is 328. The lowest BCUT2D eigenvalue weighted by Gasteiger charge is -2.20. The summed E-state index contributed by atoms with van der Waals surface area (Å²) in [7, 11) is 0. The van der Waals surface area contributed by atoms with Gasteiger partial charge in [0.05, 0.1) is 11.1 Å². The fourth-order valence-corrected chi connectivity index (χ4v) is 1.37. The van der Waals surface area contributed by atoms with E-state index in [2.05, 4.69) is 0 Å². The van der Waals surface area contributed by atoms with Crippen LogP contribution in [0.2, 0.25) is 5.02 Å². The van der Waals surface area contributed by atoms with E-state index in [4.69, 9.17) is 22.1 Å². The van der Waals surface area contributed by atoms with Crippen molar-refractivity contribution in [3.05, 3.63) is 28.8 Å². The van der Waals surface area contributed by atoms with Crippen LogP contribution in [0.4, 0.5) is 0 Å². The normalized spacial score (nSPS) is 14.7. The summed E-state index contributed by atoms with van der Waals surface area (Å²) < 4.78 is 5.57. The van der Waals surface area contributed by atoms with E-state index in [0.717, 1.165) is 5.56 Å². The van der Waals surface area contributed by atoms with Crippen LogP contribution < -0.4 is 10.5 Å². The van der Waals surface area contributed by atoms with Gasteiger partial charge < -0.3 is 15.6 Å². The third-order valence-corrected chi connectivity index (χ3v) is 2.55. The molecule has 1 aromatic carbocycles. The standard InChI is InChI=1S/C11H16ClNO2/c1-7(14)8(2)15-11-9(6-13)4-3-5-10(11)12/h3-5,7-8,14H,6,13H2,1-2H3. The molecule has 15 heavy (non-hydrogen) atoms. The molecule has 0 spiro atoms. The highest BCUT2D eigenvalue weighted by Crippen LogP contribution is 2.29. The first-order chi connectivity index (χ1) is 7.06. The largest absolute Gasteiger partial charge is 0.486 e. The first-order valence-corrected chi connectivity index (χ1v) is 5.26. The molecular weight excluding hydrogens is 214 g/mol. The molecule has 84 valence electrons. The molecule has 0 heterocycles. The molecule has 0 radical (unpaired) electrons. The van der Waals surface area contributed by atoms with Crippen molar-refractivity contribution in [1.29, 1.82) is 0 Å². The second-order valence-electron chi connectivity index (χ2n) is 3.50. The van der Waals surface area contributed by atoms with Crippen molar-refractivity contribution in [2.75, 3.05) is 0 Å². The van der Waals surface area contributed by atoms with E-state index in [-0.39, 0.29) is 6.10 Å². The topological polar surface area (TPSA) is 55.5 Å². The van der Waals surface area contributed by atoms with Gasteiger partial charge in [0.1, 0.15) is 11.9 Å². The van der Waals surface area contributed by atoms with E-state index < -0.39 is 6.10 Å². The first kappa shape index (κ1) is 12.3. The van der Waals surface area contributed by atoms with E-state index in [1.807, 2.05) is 12.1 Å². The molecule has 2 atom stereocenters. The summed E-state index contributed by atoms with van der Waals surface area (Å²) in [4.78, 5) is 0. The van der Waals surface area contributed by atoms with Crippen molar-refractivity contribution in [3.8, 4) is 5.75 Å². The number of hydrogen-bond acceptors (Lipinski definition) is 3. The lowest BCUT2D eigenvalue weighted by atomic mass is 10.2. The van der Waals surface area contributed by atoms with Crippen molar-refractivity contribution in [1.82, 2.24) is 0 Å². The summed E-state index contributed by atoms with van der Waals surface area (Å²) in [6, 6.07) is 5.42. The maximum Gasteiger partial charge on any atom is 0.142 e. The van der Waals surface area contributed by atoms with Crippen molar-refractivity contribution in [2.45, 2.75) is 32.6 Å². The van der Waals surface area contributed by atoms with Gasteiger partial charge in [-0.3, -0.25) is 0 Å². The minimum absolute atomic E-state index is 0.310. The highest BCUT2D eigenvalue weighted by atomic mass is 35.5. The molecule has 0 fully saturated rings. The number of para-hydroxylation sites is 1. The zero-order valence-electron chi connectivity index (χ0n) is 8.90. The van der Waals surface area contributed by atoms with E-state index in [1.54, 1.807) is 19.9 Å². The lowest BCUT2D eigenvalue weighted by Crippen LogP contribution is -2.26. The molecule has 4 heteroatoms. The van der Waals surface area contributed by atoms with E-state index in [0.29, 0.717) is 17.3 Å². The van der Waals surface area contributed by atoms with Gasteiger partial charge in [0, 0.05) is 12.1 Å². The van der Waals surface area contributed by atoms with Gasteiger partial charge in [-0.05, 0) is 19.9 Å². The van der Waals surface area contributed by atoms with Crippen molar-refractivity contribution in [3.63, 3.8) is 0 Å². The molecule has 0 amide bonds. The second-order valence-corrected chi connectivity index (χ2v) is 3.90. The molecule has 0 aliphatic rings. The van der Waals surface area contributed by atoms with E-state index in [1.165, 1.54) is 0 Å². The van der Waals surface area contributed by atoms with E-state index >= 15 is 0 Å². The van der Waals surface area contributed by atoms with Gasteiger partial charge in [-0.15, -0.1) is 0 Å². The van der Waals surface area contributed by atoms with Crippen LogP contribution in [0.25, 0.3) is 0 Å². The van der Waals surface area contributed by atoms with Crippen LogP contribution in [0.15, 0.2) is 18.2 Å². The summed E-state index contributed by atoms with van der Waals surface area (Å²) >= 11 is 5.99. The number of rotatable bonds is 4. The molecule has 0 aromatic heterocycles. The third kappa shape index (κ3) is 3.09. The lowest BCUT2D eigenvalue weighted by molar-refractivity contribution is 0.0599. The maximum absolute atomic E-state index is 9.34. The van der Waals surface area contributed by atoms with Crippen LogP contribution in [-0.2, 0) is 6.54 Å².